The van der Waals surface area contributed by atoms with Crippen LogP contribution in [0.3, 0.4) is 0 Å². The highest BCUT2D eigenvalue weighted by Gasteiger charge is 2.17. The third-order valence-electron chi connectivity index (χ3n) is 3.82. The van der Waals surface area contributed by atoms with Gasteiger partial charge in [0.15, 0.2) is 5.82 Å². The second-order valence-corrected chi connectivity index (χ2v) is 5.58. The topological polar surface area (TPSA) is 99.0 Å². The smallest absolute Gasteiger partial charge is 0.338 e. The number of aromatic carboxylic acids is 1. The van der Waals surface area contributed by atoms with E-state index in [2.05, 4.69) is 15.3 Å². The molecule has 0 fully saturated rings. The molecule has 0 aliphatic rings. The van der Waals surface area contributed by atoms with Gasteiger partial charge in [0, 0.05) is 30.1 Å². The van der Waals surface area contributed by atoms with Crippen molar-refractivity contribution in [3.05, 3.63) is 89.0 Å². The predicted molar refractivity (Wildman–Crippen MR) is 95.0 cm³/mol. The van der Waals surface area contributed by atoms with Crippen LogP contribution in [-0.2, 0) is 6.54 Å². The molecule has 3 N–H and O–H groups in total. The van der Waals surface area contributed by atoms with Crippen LogP contribution in [0.15, 0.2) is 54.9 Å². The van der Waals surface area contributed by atoms with Gasteiger partial charge in [-0.25, -0.2) is 23.5 Å². The molecule has 0 bridgehead atoms. The van der Waals surface area contributed by atoms with Gasteiger partial charge in [-0.15, -0.1) is 0 Å². The number of nitrogens with one attached hydrogen (secondary N) is 2. The van der Waals surface area contributed by atoms with Gasteiger partial charge in [0.25, 0.3) is 0 Å². The molecule has 8 heteroatoms. The molecule has 3 aromatic rings. The summed E-state index contributed by atoms with van der Waals surface area (Å²) in [6, 6.07) is 10.3. The monoisotopic (exact) mass is 368 g/mol. The van der Waals surface area contributed by atoms with Crippen molar-refractivity contribution in [2.24, 2.45) is 0 Å². The maximum Gasteiger partial charge on any atom is 0.338 e. The molecule has 27 heavy (non-hydrogen) atoms. The molecule has 0 unspecified atom stereocenters. The Morgan fingerprint density at radius 1 is 1.04 bits per heavy atom. The van der Waals surface area contributed by atoms with Crippen molar-refractivity contribution in [1.29, 1.82) is 5.41 Å². The van der Waals surface area contributed by atoms with Crippen molar-refractivity contribution in [2.45, 2.75) is 6.54 Å². The van der Waals surface area contributed by atoms with E-state index < -0.39 is 17.6 Å². The van der Waals surface area contributed by atoms with Crippen molar-refractivity contribution in [2.75, 3.05) is 5.32 Å². The second kappa shape index (κ2) is 7.69. The molecule has 0 aliphatic heterocycles. The van der Waals surface area contributed by atoms with Crippen LogP contribution in [0.5, 0.6) is 0 Å². The normalized spacial score (nSPS) is 10.4. The minimum Gasteiger partial charge on any atom is -0.478 e. The number of halogens is 2. The lowest BCUT2D eigenvalue weighted by atomic mass is 10.1. The zero-order valence-corrected chi connectivity index (χ0v) is 13.9. The first-order chi connectivity index (χ1) is 13.0. The van der Waals surface area contributed by atoms with E-state index in [0.717, 1.165) is 12.4 Å². The largest absolute Gasteiger partial charge is 0.478 e. The Bertz CT molecular complexity index is 1010. The van der Waals surface area contributed by atoms with Crippen LogP contribution in [0, 0.1) is 17.0 Å². The molecule has 0 saturated carbocycles. The van der Waals surface area contributed by atoms with E-state index in [1.165, 1.54) is 24.3 Å². The minimum atomic E-state index is -1.19. The van der Waals surface area contributed by atoms with Crippen molar-refractivity contribution in [3.8, 4) is 0 Å². The number of anilines is 1. The average Bonchev–Trinajstić information content (AvgIpc) is 2.67. The van der Waals surface area contributed by atoms with Gasteiger partial charge in [-0.05, 0) is 12.1 Å². The minimum absolute atomic E-state index is 0.0108. The summed E-state index contributed by atoms with van der Waals surface area (Å²) in [7, 11) is 0. The molecule has 0 amide bonds. The van der Waals surface area contributed by atoms with Gasteiger partial charge in [0.1, 0.15) is 17.3 Å². The van der Waals surface area contributed by atoms with Crippen molar-refractivity contribution in [1.82, 2.24) is 9.97 Å². The summed E-state index contributed by atoms with van der Waals surface area (Å²) >= 11 is 0. The first-order valence-electron chi connectivity index (χ1n) is 7.88. The van der Waals surface area contributed by atoms with E-state index in [0.29, 0.717) is 5.56 Å². The highest BCUT2D eigenvalue weighted by Crippen LogP contribution is 2.23. The summed E-state index contributed by atoms with van der Waals surface area (Å²) in [4.78, 5) is 18.6. The Kier molecular flexibility index (Phi) is 5.16. The Morgan fingerprint density at radius 3 is 2.37 bits per heavy atom. The van der Waals surface area contributed by atoms with Crippen LogP contribution in [0.2, 0.25) is 0 Å². The van der Waals surface area contributed by atoms with Gasteiger partial charge in [0.2, 0.25) is 0 Å². The summed E-state index contributed by atoms with van der Waals surface area (Å²) in [5, 5.41) is 20.0. The zero-order chi connectivity index (χ0) is 19.4. The quantitative estimate of drug-likeness (QED) is 0.579. The summed E-state index contributed by atoms with van der Waals surface area (Å²) in [5.41, 5.74) is 0.220. The van der Waals surface area contributed by atoms with E-state index in [1.807, 2.05) is 0 Å². The summed E-state index contributed by atoms with van der Waals surface area (Å²) in [6.07, 6.45) is 2.15. The summed E-state index contributed by atoms with van der Waals surface area (Å²) < 4.78 is 28.1. The summed E-state index contributed by atoms with van der Waals surface area (Å²) in [5.74, 6) is -2.29. The molecule has 6 nitrogen and oxygen atoms in total. The fourth-order valence-electron chi connectivity index (χ4n) is 2.43. The Hall–Kier alpha value is -3.68. The zero-order valence-electron chi connectivity index (χ0n) is 13.9. The number of carbonyl (C=O) groups is 1. The third-order valence-corrected chi connectivity index (χ3v) is 3.82. The fraction of sp³-hybridized carbons (Fsp3) is 0.0526. The van der Waals surface area contributed by atoms with Crippen LogP contribution < -0.4 is 5.32 Å². The fourth-order valence-corrected chi connectivity index (χ4v) is 2.43. The van der Waals surface area contributed by atoms with Crippen LogP contribution in [-0.4, -0.2) is 26.8 Å². The lowest BCUT2D eigenvalue weighted by Gasteiger charge is -2.14. The first-order valence-corrected chi connectivity index (χ1v) is 7.88. The number of aromatic nitrogens is 2. The van der Waals surface area contributed by atoms with Crippen LogP contribution in [0.25, 0.3) is 0 Å². The second-order valence-electron chi connectivity index (χ2n) is 5.58. The van der Waals surface area contributed by atoms with Gasteiger partial charge < -0.3 is 10.4 Å². The molecule has 136 valence electrons. The Balaban J connectivity index is 1.89. The molecule has 1 aromatic heterocycles. The number of hydrogen-bond acceptors (Lipinski definition) is 5. The number of para-hydroxylation sites is 1. The van der Waals surface area contributed by atoms with E-state index >= 15 is 0 Å². The first kappa shape index (κ1) is 18.1. The van der Waals surface area contributed by atoms with Gasteiger partial charge >= 0.3 is 5.97 Å². The average molecular weight is 368 g/mol. The number of rotatable bonds is 6. The molecule has 0 aliphatic carbocycles. The van der Waals surface area contributed by atoms with Gasteiger partial charge in [0.05, 0.1) is 11.3 Å². The standard InChI is InChI=1S/C19H14F2N4O2/c20-14-6-2-1-4-11(14)8-23-17-13(5-3-7-15(17)21)16(22)18-24-9-12(10-25-18)19(26)27/h1-7,9-10,22-23H,8H2,(H,26,27). The Labute approximate surface area is 153 Å². The van der Waals surface area contributed by atoms with Crippen LogP contribution in [0.4, 0.5) is 14.5 Å². The summed E-state index contributed by atoms with van der Waals surface area (Å²) in [6.45, 7) is 0.0205. The van der Waals surface area contributed by atoms with E-state index in [1.54, 1.807) is 18.2 Å². The highest BCUT2D eigenvalue weighted by molar-refractivity contribution is 6.12. The molecule has 1 heterocycles. The predicted octanol–water partition coefficient (Wildman–Crippen LogP) is 3.48. The highest BCUT2D eigenvalue weighted by atomic mass is 19.1. The number of carboxylic acids is 1. The molecule has 0 saturated heterocycles. The number of benzene rings is 2. The molecule has 0 spiro atoms. The van der Waals surface area contributed by atoms with Crippen molar-refractivity contribution in [3.63, 3.8) is 0 Å². The maximum absolute atomic E-state index is 14.3. The number of hydrogen-bond donors (Lipinski definition) is 3. The van der Waals surface area contributed by atoms with Gasteiger partial charge in [-0.1, -0.05) is 30.3 Å². The molecular formula is C19H14F2N4O2. The van der Waals surface area contributed by atoms with E-state index in [9.17, 15) is 13.6 Å². The molecule has 0 radical (unpaired) electrons. The van der Waals surface area contributed by atoms with Crippen LogP contribution in [0.1, 0.15) is 27.3 Å². The maximum atomic E-state index is 14.3. The lowest BCUT2D eigenvalue weighted by molar-refractivity contribution is 0.0696. The van der Waals surface area contributed by atoms with E-state index in [-0.39, 0.29) is 34.9 Å². The SMILES string of the molecule is N=C(c1ncc(C(=O)O)cn1)c1cccc(F)c1NCc1ccccc1F. The van der Waals surface area contributed by atoms with Crippen molar-refractivity contribution >= 4 is 17.4 Å². The van der Waals surface area contributed by atoms with E-state index in [4.69, 9.17) is 10.5 Å². The molecule has 0 atom stereocenters. The number of nitrogens with zero attached hydrogens (tertiary/aromatic N) is 2. The van der Waals surface area contributed by atoms with Gasteiger partial charge in [-0.2, -0.15) is 0 Å². The Morgan fingerprint density at radius 2 is 1.70 bits per heavy atom. The van der Waals surface area contributed by atoms with Crippen molar-refractivity contribution < 1.29 is 18.7 Å². The van der Waals surface area contributed by atoms with Gasteiger partial charge in [-0.3, -0.25) is 5.41 Å². The lowest BCUT2D eigenvalue weighted by Crippen LogP contribution is -2.13. The van der Waals surface area contributed by atoms with Crippen LogP contribution >= 0.6 is 0 Å². The number of carboxylic acid groups (broad SMARTS) is 1. The third kappa shape index (κ3) is 3.95. The molecule has 3 rings (SSSR count). The molecular weight excluding hydrogens is 354 g/mol. The molecule has 2 aromatic carbocycles.